The van der Waals surface area contributed by atoms with E-state index in [-0.39, 0.29) is 13.2 Å². The van der Waals surface area contributed by atoms with Crippen LogP contribution < -0.4 is 5.32 Å². The molecule has 8 nitrogen and oxygen atoms in total. The molecule has 1 unspecified atom stereocenters. The van der Waals surface area contributed by atoms with E-state index in [0.717, 1.165) is 5.69 Å². The van der Waals surface area contributed by atoms with Gasteiger partial charge in [-0.1, -0.05) is 0 Å². The first-order valence-corrected chi connectivity index (χ1v) is 8.06. The summed E-state index contributed by atoms with van der Waals surface area (Å²) < 4.78 is 32.9. The maximum atomic E-state index is 12.4. The van der Waals surface area contributed by atoms with E-state index in [1.165, 1.54) is 22.7 Å². The normalized spacial score (nSPS) is 20.7. The Hall–Kier alpha value is -1.29. The average molecular weight is 315 g/mol. The molecule has 1 N–H and O–H groups in total. The fraction of sp³-hybridized carbons (Fsp3) is 0.667. The standard InChI is InChI=1S/C12H21N5O3S/c1-9-7-11(13-2)15-12(14-9)10-8-20-6-5-17(10)21(18,19)16(3)4/h7,10H,5-6,8H2,1-4H3,(H,13,14,15). The second kappa shape index (κ2) is 6.22. The molecule has 2 rings (SSSR count). The van der Waals surface area contributed by atoms with E-state index in [1.54, 1.807) is 13.1 Å². The van der Waals surface area contributed by atoms with Crippen LogP contribution in [0.5, 0.6) is 0 Å². The molecule has 1 atom stereocenters. The predicted octanol–water partition coefficient (Wildman–Crippen LogP) is 0.00642. The van der Waals surface area contributed by atoms with Crippen molar-refractivity contribution in [2.75, 3.05) is 46.2 Å². The van der Waals surface area contributed by atoms with E-state index in [9.17, 15) is 8.42 Å². The molecule has 21 heavy (non-hydrogen) atoms. The highest BCUT2D eigenvalue weighted by Gasteiger charge is 2.37. The molecule has 0 saturated carbocycles. The minimum absolute atomic E-state index is 0.250. The zero-order valence-electron chi connectivity index (χ0n) is 12.7. The number of hydrogen-bond donors (Lipinski definition) is 1. The third-order valence-corrected chi connectivity index (χ3v) is 5.22. The monoisotopic (exact) mass is 315 g/mol. The fourth-order valence-electron chi connectivity index (χ4n) is 2.15. The molecule has 0 radical (unpaired) electrons. The van der Waals surface area contributed by atoms with E-state index in [2.05, 4.69) is 15.3 Å². The lowest BCUT2D eigenvalue weighted by Gasteiger charge is -2.35. The Morgan fingerprint density at radius 3 is 2.76 bits per heavy atom. The second-order valence-corrected chi connectivity index (χ2v) is 7.09. The van der Waals surface area contributed by atoms with Gasteiger partial charge in [-0.25, -0.2) is 9.97 Å². The Kier molecular flexibility index (Phi) is 4.77. The van der Waals surface area contributed by atoms with Crippen molar-refractivity contribution in [3.63, 3.8) is 0 Å². The highest BCUT2D eigenvalue weighted by molar-refractivity contribution is 7.86. The number of hydrogen-bond acceptors (Lipinski definition) is 6. The highest BCUT2D eigenvalue weighted by Crippen LogP contribution is 2.26. The Morgan fingerprint density at radius 2 is 2.14 bits per heavy atom. The van der Waals surface area contributed by atoms with Crippen LogP contribution in [0.3, 0.4) is 0 Å². The fourth-order valence-corrected chi connectivity index (χ4v) is 3.35. The van der Waals surface area contributed by atoms with Gasteiger partial charge in [0.15, 0.2) is 5.82 Å². The van der Waals surface area contributed by atoms with E-state index >= 15 is 0 Å². The summed E-state index contributed by atoms with van der Waals surface area (Å²) in [5.41, 5.74) is 0.775. The van der Waals surface area contributed by atoms with Crippen LogP contribution in [-0.2, 0) is 14.9 Å². The summed E-state index contributed by atoms with van der Waals surface area (Å²) in [7, 11) is 1.24. The Labute approximate surface area is 125 Å². The smallest absolute Gasteiger partial charge is 0.282 e. The molecule has 1 saturated heterocycles. The first-order chi connectivity index (χ1) is 9.86. The summed E-state index contributed by atoms with van der Waals surface area (Å²) in [5.74, 6) is 1.11. The van der Waals surface area contributed by atoms with Crippen molar-refractivity contribution in [3.8, 4) is 0 Å². The largest absolute Gasteiger partial charge is 0.378 e. The lowest BCUT2D eigenvalue weighted by atomic mass is 10.2. The number of nitrogens with zero attached hydrogens (tertiary/aromatic N) is 4. The summed E-state index contributed by atoms with van der Waals surface area (Å²) >= 11 is 0. The van der Waals surface area contributed by atoms with Crippen LogP contribution in [0.25, 0.3) is 0 Å². The van der Waals surface area contributed by atoms with Crippen molar-refractivity contribution < 1.29 is 13.2 Å². The molecular weight excluding hydrogens is 294 g/mol. The van der Waals surface area contributed by atoms with Crippen molar-refractivity contribution in [2.24, 2.45) is 0 Å². The van der Waals surface area contributed by atoms with Crippen molar-refractivity contribution >= 4 is 16.0 Å². The summed E-state index contributed by atoms with van der Waals surface area (Å²) in [5, 5.41) is 2.95. The topological polar surface area (TPSA) is 87.7 Å². The minimum atomic E-state index is -3.54. The van der Waals surface area contributed by atoms with E-state index < -0.39 is 16.3 Å². The molecule has 0 aromatic carbocycles. The maximum absolute atomic E-state index is 12.4. The van der Waals surface area contributed by atoms with Gasteiger partial charge in [0.25, 0.3) is 10.2 Å². The van der Waals surface area contributed by atoms with Gasteiger partial charge in [-0.15, -0.1) is 0 Å². The van der Waals surface area contributed by atoms with Crippen molar-refractivity contribution in [2.45, 2.75) is 13.0 Å². The molecule has 1 fully saturated rings. The summed E-state index contributed by atoms with van der Waals surface area (Å²) in [6, 6.07) is 1.29. The maximum Gasteiger partial charge on any atom is 0.282 e. The van der Waals surface area contributed by atoms with Crippen LogP contribution in [0.1, 0.15) is 17.6 Å². The van der Waals surface area contributed by atoms with E-state index in [1.807, 2.05) is 6.92 Å². The second-order valence-electron chi connectivity index (χ2n) is 4.99. The van der Waals surface area contributed by atoms with Crippen molar-refractivity contribution in [3.05, 3.63) is 17.6 Å². The number of nitrogens with one attached hydrogen (secondary N) is 1. The molecular formula is C12H21N5O3S. The number of anilines is 1. The molecule has 0 bridgehead atoms. The first kappa shape index (κ1) is 16.1. The number of morpholine rings is 1. The molecule has 2 heterocycles. The van der Waals surface area contributed by atoms with Crippen LogP contribution in [-0.4, -0.2) is 67.9 Å². The third-order valence-electron chi connectivity index (χ3n) is 3.26. The molecule has 0 aliphatic carbocycles. The van der Waals surface area contributed by atoms with Crippen molar-refractivity contribution in [1.29, 1.82) is 0 Å². The molecule has 1 aliphatic rings. The zero-order chi connectivity index (χ0) is 15.6. The lowest BCUT2D eigenvalue weighted by molar-refractivity contribution is 0.0268. The van der Waals surface area contributed by atoms with Gasteiger partial charge < -0.3 is 10.1 Å². The van der Waals surface area contributed by atoms with Crippen LogP contribution in [0.4, 0.5) is 5.82 Å². The van der Waals surface area contributed by atoms with Crippen LogP contribution in [0.2, 0.25) is 0 Å². The predicted molar refractivity (Wildman–Crippen MR) is 79.2 cm³/mol. The Morgan fingerprint density at radius 1 is 1.43 bits per heavy atom. The molecule has 1 aliphatic heterocycles. The molecule has 1 aromatic heterocycles. The van der Waals surface area contributed by atoms with Gasteiger partial charge in [-0.05, 0) is 6.92 Å². The summed E-state index contributed by atoms with van der Waals surface area (Å²) in [4.78, 5) is 8.74. The van der Waals surface area contributed by atoms with E-state index in [0.29, 0.717) is 18.2 Å². The number of aryl methyl sites for hydroxylation is 1. The summed E-state index contributed by atoms with van der Waals surface area (Å²) in [6.07, 6.45) is 0. The summed E-state index contributed by atoms with van der Waals surface area (Å²) in [6.45, 7) is 2.76. The highest BCUT2D eigenvalue weighted by atomic mass is 32.2. The quantitative estimate of drug-likeness (QED) is 0.842. The third kappa shape index (κ3) is 3.31. The van der Waals surface area contributed by atoms with Crippen molar-refractivity contribution in [1.82, 2.24) is 18.6 Å². The van der Waals surface area contributed by atoms with Gasteiger partial charge in [0.1, 0.15) is 11.9 Å². The van der Waals surface area contributed by atoms with Gasteiger partial charge in [0.05, 0.1) is 13.2 Å². The molecule has 0 amide bonds. The van der Waals surface area contributed by atoms with Gasteiger partial charge in [0, 0.05) is 39.4 Å². The zero-order valence-corrected chi connectivity index (χ0v) is 13.5. The van der Waals surface area contributed by atoms with Crippen LogP contribution in [0.15, 0.2) is 6.07 Å². The molecule has 9 heteroatoms. The number of rotatable bonds is 4. The van der Waals surface area contributed by atoms with Gasteiger partial charge in [-0.2, -0.15) is 17.0 Å². The minimum Gasteiger partial charge on any atom is -0.378 e. The lowest BCUT2D eigenvalue weighted by Crippen LogP contribution is -2.48. The van der Waals surface area contributed by atoms with Crippen LogP contribution in [0, 0.1) is 6.92 Å². The van der Waals surface area contributed by atoms with E-state index in [4.69, 9.17) is 4.74 Å². The molecule has 1 aromatic rings. The molecule has 0 spiro atoms. The van der Waals surface area contributed by atoms with Gasteiger partial charge in [-0.3, -0.25) is 0 Å². The Bertz CT molecular complexity index is 605. The number of ether oxygens (including phenoxy) is 1. The molecule has 118 valence electrons. The van der Waals surface area contributed by atoms with Gasteiger partial charge in [0.2, 0.25) is 0 Å². The average Bonchev–Trinajstić information content (AvgIpc) is 2.46. The van der Waals surface area contributed by atoms with Crippen LogP contribution >= 0.6 is 0 Å². The Balaban J connectivity index is 2.42. The van der Waals surface area contributed by atoms with Gasteiger partial charge >= 0.3 is 0 Å². The number of aromatic nitrogens is 2. The SMILES string of the molecule is CNc1cc(C)nc(C2COCCN2S(=O)(=O)N(C)C)n1. The first-order valence-electron chi connectivity index (χ1n) is 6.66.